The monoisotopic (exact) mass is 431 g/mol. The van der Waals surface area contributed by atoms with Crippen LogP contribution in [0.4, 0.5) is 5.82 Å². The number of rotatable bonds is 7. The first kappa shape index (κ1) is 21.5. The lowest BCUT2D eigenvalue weighted by Crippen LogP contribution is -2.46. The fourth-order valence-electron chi connectivity index (χ4n) is 3.55. The fourth-order valence-corrected chi connectivity index (χ4v) is 4.35. The molecule has 1 amide bonds. The maximum Gasteiger partial charge on any atom is 0.251 e. The van der Waals surface area contributed by atoms with Crippen molar-refractivity contribution in [3.05, 3.63) is 54.4 Å². The van der Waals surface area contributed by atoms with Crippen molar-refractivity contribution in [2.24, 2.45) is 0 Å². The summed E-state index contributed by atoms with van der Waals surface area (Å²) in [7, 11) is 0. The molecule has 1 aliphatic heterocycles. The molecule has 0 unspecified atom stereocenters. The second-order valence-electron chi connectivity index (χ2n) is 7.03. The Labute approximate surface area is 181 Å². The van der Waals surface area contributed by atoms with Gasteiger partial charge >= 0.3 is 0 Å². The van der Waals surface area contributed by atoms with Crippen molar-refractivity contribution < 1.29 is 4.79 Å². The number of benzene rings is 1. The van der Waals surface area contributed by atoms with Gasteiger partial charge in [-0.25, -0.2) is 0 Å². The third kappa shape index (κ3) is 5.44. The topological polar surface area (TPSA) is 61.4 Å². The van der Waals surface area contributed by atoms with Crippen LogP contribution < -0.4 is 10.2 Å². The van der Waals surface area contributed by atoms with Crippen LogP contribution in [-0.2, 0) is 0 Å². The van der Waals surface area contributed by atoms with Gasteiger partial charge in [0, 0.05) is 56.1 Å². The fraction of sp³-hybridized carbons (Fsp3) is 0.381. The highest BCUT2D eigenvalue weighted by molar-refractivity contribution is 7.13. The Morgan fingerprint density at radius 2 is 1.79 bits per heavy atom. The van der Waals surface area contributed by atoms with Crippen molar-refractivity contribution >= 4 is 45.8 Å². The molecule has 29 heavy (non-hydrogen) atoms. The van der Waals surface area contributed by atoms with Crippen molar-refractivity contribution in [2.45, 2.75) is 12.8 Å². The van der Waals surface area contributed by atoms with Gasteiger partial charge in [0.15, 0.2) is 0 Å². The summed E-state index contributed by atoms with van der Waals surface area (Å²) in [6, 6.07) is 11.9. The Bertz CT molecular complexity index is 912. The van der Waals surface area contributed by atoms with E-state index < -0.39 is 0 Å². The van der Waals surface area contributed by atoms with Crippen LogP contribution in [0.2, 0.25) is 0 Å². The van der Waals surface area contributed by atoms with Crippen LogP contribution >= 0.6 is 23.9 Å². The molecule has 2 aromatic heterocycles. The number of unbranched alkanes of at least 4 members (excludes halogenated alkanes) is 1. The molecule has 0 saturated carbocycles. The highest BCUT2D eigenvalue weighted by atomic mass is 35.5. The highest BCUT2D eigenvalue weighted by Crippen LogP contribution is 2.29. The van der Waals surface area contributed by atoms with E-state index in [1.807, 2.05) is 0 Å². The maximum atomic E-state index is 12.0. The molecule has 8 heteroatoms. The molecule has 3 aromatic rings. The van der Waals surface area contributed by atoms with E-state index in [1.165, 1.54) is 10.1 Å². The number of hydrogen-bond donors (Lipinski definition) is 1. The van der Waals surface area contributed by atoms with E-state index in [4.69, 9.17) is 0 Å². The van der Waals surface area contributed by atoms with E-state index in [2.05, 4.69) is 48.7 Å². The molecule has 1 fully saturated rings. The molecular weight excluding hydrogens is 406 g/mol. The van der Waals surface area contributed by atoms with Crippen molar-refractivity contribution in [1.82, 2.24) is 19.6 Å². The minimum absolute atomic E-state index is 0. The third-order valence-corrected chi connectivity index (χ3v) is 5.98. The van der Waals surface area contributed by atoms with Gasteiger partial charge in [-0.1, -0.05) is 12.1 Å². The molecule has 0 bridgehead atoms. The summed E-state index contributed by atoms with van der Waals surface area (Å²) in [6.07, 6.45) is 5.37. The van der Waals surface area contributed by atoms with Crippen LogP contribution in [0.3, 0.4) is 0 Å². The number of amides is 1. The predicted octanol–water partition coefficient (Wildman–Crippen LogP) is 3.45. The molecule has 0 atom stereocenters. The number of hydrogen-bond acceptors (Lipinski definition) is 6. The molecule has 154 valence electrons. The lowest BCUT2D eigenvalue weighted by Gasteiger charge is -2.35. The van der Waals surface area contributed by atoms with Crippen molar-refractivity contribution in [3.63, 3.8) is 0 Å². The first-order valence-electron chi connectivity index (χ1n) is 9.81. The van der Waals surface area contributed by atoms with Gasteiger partial charge in [0.05, 0.1) is 4.70 Å². The summed E-state index contributed by atoms with van der Waals surface area (Å²) in [5, 5.41) is 4.25. The van der Waals surface area contributed by atoms with E-state index in [0.29, 0.717) is 12.1 Å². The van der Waals surface area contributed by atoms with Crippen molar-refractivity contribution in [1.29, 1.82) is 0 Å². The summed E-state index contributed by atoms with van der Waals surface area (Å²) >= 11 is 1.59. The zero-order valence-electron chi connectivity index (χ0n) is 16.3. The quantitative estimate of drug-likeness (QED) is 0.580. The van der Waals surface area contributed by atoms with Crippen LogP contribution in [0.15, 0.2) is 48.8 Å². The second kappa shape index (κ2) is 10.5. The number of fused-ring (bicyclic) bond motifs is 1. The van der Waals surface area contributed by atoms with Crippen molar-refractivity contribution in [2.75, 3.05) is 44.2 Å². The molecule has 6 nitrogen and oxygen atoms in total. The zero-order chi connectivity index (χ0) is 19.2. The maximum absolute atomic E-state index is 12.0. The minimum Gasteiger partial charge on any atom is -0.353 e. The normalized spacial score (nSPS) is 14.6. The Morgan fingerprint density at radius 3 is 2.59 bits per heavy atom. The molecule has 0 aliphatic carbocycles. The molecule has 4 rings (SSSR count). The van der Waals surface area contributed by atoms with Gasteiger partial charge in [-0.15, -0.1) is 12.4 Å². The van der Waals surface area contributed by atoms with Crippen LogP contribution in [0.25, 0.3) is 10.1 Å². The van der Waals surface area contributed by atoms with E-state index >= 15 is 0 Å². The van der Waals surface area contributed by atoms with E-state index in [1.54, 1.807) is 36.1 Å². The van der Waals surface area contributed by atoms with Gasteiger partial charge in [0.25, 0.3) is 5.91 Å². The number of pyridine rings is 1. The SMILES string of the molecule is Cl.O=C(NCCCCN1CCN(c2nsc3ccccc23)CC1)c1ccncc1. The molecule has 1 aromatic carbocycles. The van der Waals surface area contributed by atoms with Gasteiger partial charge < -0.3 is 10.2 Å². The van der Waals surface area contributed by atoms with Crippen LogP contribution in [0, 0.1) is 0 Å². The molecule has 1 aliphatic rings. The summed E-state index contributed by atoms with van der Waals surface area (Å²) in [5.41, 5.74) is 0.667. The van der Waals surface area contributed by atoms with Crippen LogP contribution in [0.1, 0.15) is 23.2 Å². The van der Waals surface area contributed by atoms with Gasteiger partial charge in [-0.05, 0) is 55.2 Å². The minimum atomic E-state index is -0.0218. The standard InChI is InChI=1S/C21H25N5OS.ClH/c27-21(17-7-10-22-11-8-17)23-9-3-4-12-25-13-15-26(16-14-25)20-18-5-1-2-6-19(18)28-24-20;/h1-2,5-8,10-11H,3-4,9,12-16H2,(H,23,27);1H. The molecule has 3 heterocycles. The Kier molecular flexibility index (Phi) is 7.80. The average Bonchev–Trinajstić information content (AvgIpc) is 3.19. The van der Waals surface area contributed by atoms with Gasteiger partial charge in [-0.3, -0.25) is 14.7 Å². The van der Waals surface area contributed by atoms with E-state index in [0.717, 1.165) is 51.4 Å². The third-order valence-electron chi connectivity index (χ3n) is 5.16. The lowest BCUT2D eigenvalue weighted by atomic mass is 10.2. The van der Waals surface area contributed by atoms with Gasteiger partial charge in [-0.2, -0.15) is 4.37 Å². The molecule has 1 N–H and O–H groups in total. The summed E-state index contributed by atoms with van der Waals surface area (Å²) in [5.74, 6) is 1.12. The Morgan fingerprint density at radius 1 is 1.03 bits per heavy atom. The number of piperazine rings is 1. The average molecular weight is 432 g/mol. The second-order valence-corrected chi connectivity index (χ2v) is 7.83. The number of carbonyl (C=O) groups is 1. The lowest BCUT2D eigenvalue weighted by molar-refractivity contribution is 0.0952. The summed E-state index contributed by atoms with van der Waals surface area (Å²) < 4.78 is 5.94. The Hall–Kier alpha value is -2.22. The van der Waals surface area contributed by atoms with Gasteiger partial charge in [0.1, 0.15) is 5.82 Å². The smallest absolute Gasteiger partial charge is 0.251 e. The number of nitrogens with one attached hydrogen (secondary N) is 1. The largest absolute Gasteiger partial charge is 0.353 e. The first-order valence-corrected chi connectivity index (χ1v) is 10.6. The Balaban J connectivity index is 0.00000240. The summed E-state index contributed by atoms with van der Waals surface area (Å²) in [6.45, 7) is 5.96. The van der Waals surface area contributed by atoms with Crippen molar-refractivity contribution in [3.8, 4) is 0 Å². The number of halogens is 1. The molecule has 0 spiro atoms. The predicted molar refractivity (Wildman–Crippen MR) is 121 cm³/mol. The highest BCUT2D eigenvalue weighted by Gasteiger charge is 2.20. The van der Waals surface area contributed by atoms with E-state index in [9.17, 15) is 4.79 Å². The molecule has 0 radical (unpaired) electrons. The number of nitrogens with zero attached hydrogens (tertiary/aromatic N) is 4. The zero-order valence-corrected chi connectivity index (χ0v) is 17.9. The van der Waals surface area contributed by atoms with Gasteiger partial charge in [0.2, 0.25) is 0 Å². The number of carbonyl (C=O) groups excluding carboxylic acids is 1. The van der Waals surface area contributed by atoms with E-state index in [-0.39, 0.29) is 18.3 Å². The van der Waals surface area contributed by atoms with Crippen LogP contribution in [-0.4, -0.2) is 59.4 Å². The number of anilines is 1. The summed E-state index contributed by atoms with van der Waals surface area (Å²) in [4.78, 5) is 20.8. The molecule has 1 saturated heterocycles. The first-order chi connectivity index (χ1) is 13.8. The van der Waals surface area contributed by atoms with Crippen LogP contribution in [0.5, 0.6) is 0 Å². The number of aromatic nitrogens is 2. The molecular formula is C21H26ClN5OS.